The van der Waals surface area contributed by atoms with Crippen LogP contribution in [-0.4, -0.2) is 28.0 Å². The van der Waals surface area contributed by atoms with E-state index in [1.165, 1.54) is 6.42 Å². The quantitative estimate of drug-likeness (QED) is 0.852. The fourth-order valence-corrected chi connectivity index (χ4v) is 2.52. The van der Waals surface area contributed by atoms with Crippen molar-refractivity contribution in [2.45, 2.75) is 19.3 Å². The summed E-state index contributed by atoms with van der Waals surface area (Å²) in [5, 5.41) is -0.0239. The van der Waals surface area contributed by atoms with Crippen molar-refractivity contribution in [3.8, 4) is 11.4 Å². The Morgan fingerprint density at radius 2 is 1.76 bits per heavy atom. The van der Waals surface area contributed by atoms with Gasteiger partial charge in [0, 0.05) is 13.1 Å². The van der Waals surface area contributed by atoms with E-state index in [2.05, 4.69) is 15.0 Å². The largest absolute Gasteiger partial charge is 0.341 e. The van der Waals surface area contributed by atoms with Gasteiger partial charge in [0.2, 0.25) is 11.2 Å². The average Bonchev–Trinajstić information content (AvgIpc) is 2.50. The Morgan fingerprint density at radius 3 is 2.52 bits per heavy atom. The molecule has 1 aliphatic heterocycles. The molecule has 0 N–H and O–H groups in total. The van der Waals surface area contributed by atoms with Crippen LogP contribution in [0, 0.1) is 11.6 Å². The minimum Gasteiger partial charge on any atom is -0.341 e. The maximum absolute atomic E-state index is 13.8. The fraction of sp³-hybridized carbons (Fsp3) is 0.357. The maximum atomic E-state index is 13.8. The first-order valence-electron chi connectivity index (χ1n) is 6.75. The summed E-state index contributed by atoms with van der Waals surface area (Å²) in [6.07, 6.45) is 3.26. The standard InChI is InChI=1S/C14H13ClF2N4/c15-13-18-12(10-8-9(16)4-5-11(10)17)19-14(20-13)21-6-2-1-3-7-21/h4-5,8H,1-3,6-7H2. The molecule has 3 rings (SSSR count). The summed E-state index contributed by atoms with van der Waals surface area (Å²) >= 11 is 5.91. The number of aromatic nitrogens is 3. The van der Waals surface area contributed by atoms with Crippen LogP contribution in [0.15, 0.2) is 18.2 Å². The number of piperidine rings is 1. The number of hydrogen-bond donors (Lipinski definition) is 0. The lowest BCUT2D eigenvalue weighted by Gasteiger charge is -2.26. The molecule has 7 heteroatoms. The molecule has 1 fully saturated rings. The molecule has 4 nitrogen and oxygen atoms in total. The zero-order chi connectivity index (χ0) is 14.8. The predicted octanol–water partition coefficient (Wildman–Crippen LogP) is 3.46. The highest BCUT2D eigenvalue weighted by Crippen LogP contribution is 2.24. The third-order valence-electron chi connectivity index (χ3n) is 3.40. The minimum absolute atomic E-state index is 0.0161. The van der Waals surface area contributed by atoms with Gasteiger partial charge in [-0.1, -0.05) is 0 Å². The molecule has 0 spiro atoms. The maximum Gasteiger partial charge on any atom is 0.230 e. The van der Waals surface area contributed by atoms with Crippen molar-refractivity contribution >= 4 is 17.5 Å². The third kappa shape index (κ3) is 3.10. The Labute approximate surface area is 125 Å². The van der Waals surface area contributed by atoms with Crippen LogP contribution >= 0.6 is 11.6 Å². The molecule has 110 valence electrons. The van der Waals surface area contributed by atoms with Gasteiger partial charge in [0.05, 0.1) is 5.56 Å². The van der Waals surface area contributed by atoms with Crippen LogP contribution in [-0.2, 0) is 0 Å². The van der Waals surface area contributed by atoms with Crippen LogP contribution in [0.2, 0.25) is 5.28 Å². The topological polar surface area (TPSA) is 41.9 Å². The van der Waals surface area contributed by atoms with Crippen LogP contribution in [0.5, 0.6) is 0 Å². The number of halogens is 3. The number of benzene rings is 1. The highest BCUT2D eigenvalue weighted by atomic mass is 35.5. The summed E-state index contributed by atoms with van der Waals surface area (Å²) in [4.78, 5) is 14.2. The van der Waals surface area contributed by atoms with Crippen molar-refractivity contribution in [3.63, 3.8) is 0 Å². The van der Waals surface area contributed by atoms with Crippen LogP contribution in [0.25, 0.3) is 11.4 Å². The fourth-order valence-electron chi connectivity index (χ4n) is 2.36. The lowest BCUT2D eigenvalue weighted by atomic mass is 10.1. The second-order valence-electron chi connectivity index (χ2n) is 4.90. The highest BCUT2D eigenvalue weighted by Gasteiger charge is 2.18. The molecule has 0 unspecified atom stereocenters. The first kappa shape index (κ1) is 14.1. The van der Waals surface area contributed by atoms with Crippen LogP contribution in [0.4, 0.5) is 14.7 Å². The molecular formula is C14H13ClF2N4. The van der Waals surface area contributed by atoms with Crippen molar-refractivity contribution in [2.24, 2.45) is 0 Å². The normalized spacial score (nSPS) is 15.3. The zero-order valence-corrected chi connectivity index (χ0v) is 11.9. The summed E-state index contributed by atoms with van der Waals surface area (Å²) in [6.45, 7) is 1.65. The SMILES string of the molecule is Fc1ccc(F)c(-c2nc(Cl)nc(N3CCCCC3)n2)c1. The van der Waals surface area contributed by atoms with E-state index < -0.39 is 11.6 Å². The molecule has 1 aliphatic rings. The molecule has 0 aliphatic carbocycles. The Kier molecular flexibility index (Phi) is 3.96. The van der Waals surface area contributed by atoms with Gasteiger partial charge >= 0.3 is 0 Å². The van der Waals surface area contributed by atoms with Crippen molar-refractivity contribution in [3.05, 3.63) is 35.1 Å². The molecule has 0 radical (unpaired) electrons. The lowest BCUT2D eigenvalue weighted by Crippen LogP contribution is -2.31. The van der Waals surface area contributed by atoms with Gasteiger partial charge in [-0.05, 0) is 49.1 Å². The second kappa shape index (κ2) is 5.89. The Balaban J connectivity index is 2.02. The second-order valence-corrected chi connectivity index (χ2v) is 5.24. The van der Waals surface area contributed by atoms with E-state index in [1.807, 2.05) is 4.90 Å². The van der Waals surface area contributed by atoms with E-state index in [1.54, 1.807) is 0 Å². The predicted molar refractivity (Wildman–Crippen MR) is 76.3 cm³/mol. The molecule has 1 saturated heterocycles. The van der Waals surface area contributed by atoms with Crippen LogP contribution in [0.3, 0.4) is 0 Å². The van der Waals surface area contributed by atoms with E-state index in [4.69, 9.17) is 11.6 Å². The molecule has 2 aromatic rings. The Hall–Kier alpha value is -1.82. The molecule has 1 aromatic carbocycles. The van der Waals surface area contributed by atoms with Crippen molar-refractivity contribution in [1.29, 1.82) is 0 Å². The summed E-state index contributed by atoms with van der Waals surface area (Å²) in [5.74, 6) is -0.688. The number of anilines is 1. The van der Waals surface area contributed by atoms with E-state index in [9.17, 15) is 8.78 Å². The summed E-state index contributed by atoms with van der Waals surface area (Å²) in [6, 6.07) is 3.15. The molecule has 21 heavy (non-hydrogen) atoms. The first-order chi connectivity index (χ1) is 10.1. The Morgan fingerprint density at radius 1 is 1.00 bits per heavy atom. The van der Waals surface area contributed by atoms with Gasteiger partial charge in [0.15, 0.2) is 5.82 Å². The first-order valence-corrected chi connectivity index (χ1v) is 7.13. The zero-order valence-electron chi connectivity index (χ0n) is 11.2. The summed E-state index contributed by atoms with van der Waals surface area (Å²) < 4.78 is 27.1. The highest BCUT2D eigenvalue weighted by molar-refractivity contribution is 6.28. The summed E-state index contributed by atoms with van der Waals surface area (Å²) in [5.41, 5.74) is -0.0161. The van der Waals surface area contributed by atoms with Gasteiger partial charge in [-0.2, -0.15) is 15.0 Å². The minimum atomic E-state index is -0.594. The van der Waals surface area contributed by atoms with Gasteiger partial charge in [0.1, 0.15) is 11.6 Å². The lowest BCUT2D eigenvalue weighted by molar-refractivity contribution is 0.567. The van der Waals surface area contributed by atoms with Gasteiger partial charge in [-0.25, -0.2) is 8.78 Å². The monoisotopic (exact) mass is 310 g/mol. The number of rotatable bonds is 2. The number of hydrogen-bond acceptors (Lipinski definition) is 4. The molecular weight excluding hydrogens is 298 g/mol. The summed E-state index contributed by atoms with van der Waals surface area (Å²) in [7, 11) is 0. The van der Waals surface area contributed by atoms with E-state index >= 15 is 0 Å². The van der Waals surface area contributed by atoms with Gasteiger partial charge in [-0.15, -0.1) is 0 Å². The molecule has 1 aromatic heterocycles. The van der Waals surface area contributed by atoms with Gasteiger partial charge in [0.25, 0.3) is 0 Å². The molecule has 0 bridgehead atoms. The molecule has 2 heterocycles. The van der Waals surface area contributed by atoms with Crippen molar-refractivity contribution < 1.29 is 8.78 Å². The van der Waals surface area contributed by atoms with Crippen molar-refractivity contribution in [1.82, 2.24) is 15.0 Å². The molecule has 0 atom stereocenters. The van der Waals surface area contributed by atoms with E-state index in [-0.39, 0.29) is 16.7 Å². The number of nitrogens with zero attached hydrogens (tertiary/aromatic N) is 4. The van der Waals surface area contributed by atoms with E-state index in [0.29, 0.717) is 5.95 Å². The molecule has 0 amide bonds. The van der Waals surface area contributed by atoms with E-state index in [0.717, 1.165) is 44.1 Å². The van der Waals surface area contributed by atoms with Crippen LogP contribution in [0.1, 0.15) is 19.3 Å². The molecule has 0 saturated carbocycles. The Bertz CT molecular complexity index is 659. The van der Waals surface area contributed by atoms with Gasteiger partial charge in [-0.3, -0.25) is 0 Å². The smallest absolute Gasteiger partial charge is 0.230 e. The average molecular weight is 311 g/mol. The van der Waals surface area contributed by atoms with Crippen molar-refractivity contribution in [2.75, 3.05) is 18.0 Å². The van der Waals surface area contributed by atoms with Gasteiger partial charge < -0.3 is 4.90 Å². The van der Waals surface area contributed by atoms with Crippen LogP contribution < -0.4 is 4.90 Å². The third-order valence-corrected chi connectivity index (χ3v) is 3.57.